The third kappa shape index (κ3) is 3.96. The number of ether oxygens (including phenoxy) is 4. The Hall–Kier alpha value is -4.66. The number of carbonyl (C=O) groups is 4. The van der Waals surface area contributed by atoms with Crippen molar-refractivity contribution in [2.24, 2.45) is 11.8 Å². The van der Waals surface area contributed by atoms with Crippen molar-refractivity contribution < 1.29 is 43.2 Å². The van der Waals surface area contributed by atoms with Crippen molar-refractivity contribution in [1.82, 2.24) is 0 Å². The minimum absolute atomic E-state index is 0.0582. The quantitative estimate of drug-likeness (QED) is 0.365. The first-order valence-corrected chi connectivity index (χ1v) is 12.0. The summed E-state index contributed by atoms with van der Waals surface area (Å²) in [6.07, 6.45) is 0. The van der Waals surface area contributed by atoms with Crippen LogP contribution in [0, 0.1) is 11.8 Å². The Kier molecular flexibility index (Phi) is 5.94. The SMILES string of the molecule is CC(C)C(=O)Oc1ccc2c(c1)Oc1cc(OC(=O)C(C)C)ccc1C21OC(=O)c2cc(C(=O)O)ccc21. The molecule has 3 aromatic rings. The Morgan fingerprint density at radius 3 is 1.74 bits per heavy atom. The Morgan fingerprint density at radius 2 is 1.26 bits per heavy atom. The Labute approximate surface area is 217 Å². The summed E-state index contributed by atoms with van der Waals surface area (Å²) < 4.78 is 23.1. The van der Waals surface area contributed by atoms with Crippen LogP contribution in [0.15, 0.2) is 54.6 Å². The Morgan fingerprint density at radius 1 is 0.763 bits per heavy atom. The Balaban J connectivity index is 1.70. The van der Waals surface area contributed by atoms with Gasteiger partial charge in [0.15, 0.2) is 5.60 Å². The molecule has 0 saturated heterocycles. The molecule has 0 amide bonds. The largest absolute Gasteiger partial charge is 0.478 e. The number of aromatic carboxylic acids is 1. The van der Waals surface area contributed by atoms with Crippen LogP contribution in [-0.2, 0) is 19.9 Å². The summed E-state index contributed by atoms with van der Waals surface area (Å²) in [5.41, 5.74) is -0.0930. The van der Waals surface area contributed by atoms with Gasteiger partial charge in [0.1, 0.15) is 23.0 Å². The third-order valence-corrected chi connectivity index (χ3v) is 6.38. The zero-order valence-corrected chi connectivity index (χ0v) is 21.1. The molecule has 5 rings (SSSR count). The van der Waals surface area contributed by atoms with Crippen molar-refractivity contribution >= 4 is 23.9 Å². The number of rotatable bonds is 5. The molecule has 0 saturated carbocycles. The molecule has 194 valence electrons. The van der Waals surface area contributed by atoms with Gasteiger partial charge in [0.05, 0.1) is 23.0 Å². The minimum atomic E-state index is -1.48. The predicted octanol–water partition coefficient (Wildman–Crippen LogP) is 5.08. The molecule has 2 aliphatic heterocycles. The molecule has 0 aliphatic carbocycles. The van der Waals surface area contributed by atoms with Gasteiger partial charge in [-0.2, -0.15) is 0 Å². The molecule has 9 nitrogen and oxygen atoms in total. The predicted molar refractivity (Wildman–Crippen MR) is 133 cm³/mol. The van der Waals surface area contributed by atoms with Crippen molar-refractivity contribution in [3.8, 4) is 23.0 Å². The van der Waals surface area contributed by atoms with Crippen LogP contribution in [0.4, 0.5) is 0 Å². The lowest BCUT2D eigenvalue weighted by Gasteiger charge is -2.36. The molecule has 3 aromatic carbocycles. The van der Waals surface area contributed by atoms with Gasteiger partial charge >= 0.3 is 23.9 Å². The second-order valence-electron chi connectivity index (χ2n) is 9.71. The molecule has 9 heteroatoms. The average Bonchev–Trinajstić information content (AvgIpc) is 3.15. The molecule has 38 heavy (non-hydrogen) atoms. The van der Waals surface area contributed by atoms with E-state index in [1.807, 2.05) is 0 Å². The van der Waals surface area contributed by atoms with Crippen molar-refractivity contribution in [3.63, 3.8) is 0 Å². The van der Waals surface area contributed by atoms with Gasteiger partial charge in [-0.25, -0.2) is 9.59 Å². The molecule has 2 aliphatic rings. The fourth-order valence-electron chi connectivity index (χ4n) is 4.42. The molecule has 0 aromatic heterocycles. The summed E-state index contributed by atoms with van der Waals surface area (Å²) in [4.78, 5) is 49.1. The lowest BCUT2D eigenvalue weighted by atomic mass is 9.77. The fraction of sp³-hybridized carbons (Fsp3) is 0.241. The number of carboxylic acids is 1. The average molecular weight is 517 g/mol. The van der Waals surface area contributed by atoms with Gasteiger partial charge in [-0.3, -0.25) is 9.59 Å². The number of benzene rings is 3. The minimum Gasteiger partial charge on any atom is -0.478 e. The van der Waals surface area contributed by atoms with Crippen LogP contribution in [0.2, 0.25) is 0 Å². The molecule has 0 radical (unpaired) electrons. The summed E-state index contributed by atoms with van der Waals surface area (Å²) in [6, 6.07) is 13.7. The van der Waals surface area contributed by atoms with Crippen LogP contribution in [-0.4, -0.2) is 29.0 Å². The first-order valence-electron chi connectivity index (χ1n) is 12.0. The molecule has 0 unspecified atom stereocenters. The summed E-state index contributed by atoms with van der Waals surface area (Å²) in [5.74, 6) is -2.50. The molecule has 0 atom stereocenters. The zero-order chi connectivity index (χ0) is 27.4. The smallest absolute Gasteiger partial charge is 0.340 e. The molecular weight excluding hydrogens is 492 g/mol. The van der Waals surface area contributed by atoms with Crippen LogP contribution in [0.25, 0.3) is 0 Å². The van der Waals surface area contributed by atoms with E-state index in [-0.39, 0.29) is 46.0 Å². The first kappa shape index (κ1) is 25.0. The zero-order valence-electron chi connectivity index (χ0n) is 21.1. The highest BCUT2D eigenvalue weighted by Crippen LogP contribution is 2.57. The number of hydrogen-bond acceptors (Lipinski definition) is 8. The van der Waals surface area contributed by atoms with Gasteiger partial charge in [0.2, 0.25) is 0 Å². The van der Waals surface area contributed by atoms with E-state index in [2.05, 4.69) is 0 Å². The second-order valence-corrected chi connectivity index (χ2v) is 9.71. The topological polar surface area (TPSA) is 125 Å². The first-order chi connectivity index (χ1) is 18.0. The van der Waals surface area contributed by atoms with Gasteiger partial charge in [0.25, 0.3) is 0 Å². The maximum absolute atomic E-state index is 13.1. The number of carboxylic acid groups (broad SMARTS) is 1. The fourth-order valence-corrected chi connectivity index (χ4v) is 4.42. The molecule has 0 bridgehead atoms. The summed E-state index contributed by atoms with van der Waals surface area (Å²) in [6.45, 7) is 6.84. The standard InChI is InChI=1S/C29H24O9/c1-14(2)26(32)35-17-6-9-21-23(12-17)37-24-13-18(36-27(33)15(3)4)7-10-22(24)29(21)20-8-5-16(25(30)31)11-19(20)28(34)38-29/h5-15H,1-4H3,(H,30,31). The van der Waals surface area contributed by atoms with E-state index < -0.39 is 29.5 Å². The summed E-state index contributed by atoms with van der Waals surface area (Å²) in [5, 5.41) is 9.45. The third-order valence-electron chi connectivity index (χ3n) is 6.38. The number of carbonyl (C=O) groups excluding carboxylic acids is 3. The van der Waals surface area contributed by atoms with Crippen LogP contribution in [0.1, 0.15) is 65.1 Å². The van der Waals surface area contributed by atoms with E-state index >= 15 is 0 Å². The van der Waals surface area contributed by atoms with Gasteiger partial charge in [0, 0.05) is 28.8 Å². The molecule has 0 fully saturated rings. The maximum Gasteiger partial charge on any atom is 0.340 e. The van der Waals surface area contributed by atoms with Gasteiger partial charge < -0.3 is 24.1 Å². The number of esters is 3. The summed E-state index contributed by atoms with van der Waals surface area (Å²) in [7, 11) is 0. The van der Waals surface area contributed by atoms with E-state index in [0.29, 0.717) is 16.7 Å². The van der Waals surface area contributed by atoms with Crippen molar-refractivity contribution in [2.45, 2.75) is 33.3 Å². The lowest BCUT2D eigenvalue weighted by Crippen LogP contribution is -2.33. The van der Waals surface area contributed by atoms with Crippen LogP contribution in [0.3, 0.4) is 0 Å². The highest BCUT2D eigenvalue weighted by Gasteiger charge is 2.54. The van der Waals surface area contributed by atoms with E-state index in [1.54, 1.807) is 58.0 Å². The van der Waals surface area contributed by atoms with E-state index in [1.165, 1.54) is 24.3 Å². The lowest BCUT2D eigenvalue weighted by molar-refractivity contribution is -0.138. The van der Waals surface area contributed by atoms with Crippen LogP contribution >= 0.6 is 0 Å². The monoisotopic (exact) mass is 516 g/mol. The van der Waals surface area contributed by atoms with E-state index in [9.17, 15) is 24.3 Å². The van der Waals surface area contributed by atoms with E-state index in [0.717, 1.165) is 0 Å². The second kappa shape index (κ2) is 9.02. The maximum atomic E-state index is 13.1. The highest BCUT2D eigenvalue weighted by molar-refractivity contribution is 6.00. The number of fused-ring (bicyclic) bond motifs is 6. The molecule has 1 spiro atoms. The normalized spacial score (nSPS) is 14.3. The van der Waals surface area contributed by atoms with Gasteiger partial charge in [-0.1, -0.05) is 33.8 Å². The van der Waals surface area contributed by atoms with Crippen molar-refractivity contribution in [1.29, 1.82) is 0 Å². The summed E-state index contributed by atoms with van der Waals surface area (Å²) >= 11 is 0. The highest BCUT2D eigenvalue weighted by atomic mass is 16.6. The molecule has 1 N–H and O–H groups in total. The van der Waals surface area contributed by atoms with Crippen LogP contribution in [0.5, 0.6) is 23.0 Å². The van der Waals surface area contributed by atoms with Crippen molar-refractivity contribution in [2.75, 3.05) is 0 Å². The number of hydrogen-bond donors (Lipinski definition) is 1. The van der Waals surface area contributed by atoms with Gasteiger partial charge in [-0.15, -0.1) is 0 Å². The van der Waals surface area contributed by atoms with E-state index in [4.69, 9.17) is 18.9 Å². The molecular formula is C29H24O9. The van der Waals surface area contributed by atoms with Gasteiger partial charge in [-0.05, 0) is 36.4 Å². The Bertz CT molecular complexity index is 1440. The van der Waals surface area contributed by atoms with Crippen molar-refractivity contribution in [3.05, 3.63) is 82.4 Å². The molecule has 2 heterocycles. The van der Waals surface area contributed by atoms with Crippen LogP contribution < -0.4 is 14.2 Å².